The van der Waals surface area contributed by atoms with Crippen molar-refractivity contribution in [3.8, 4) is 28.8 Å². The van der Waals surface area contributed by atoms with Gasteiger partial charge in [0, 0.05) is 12.6 Å². The van der Waals surface area contributed by atoms with E-state index in [-0.39, 0.29) is 18.0 Å². The van der Waals surface area contributed by atoms with Crippen molar-refractivity contribution < 1.29 is 22.6 Å². The number of hydrogen-bond acceptors (Lipinski definition) is 8. The SMILES string of the molecule is COc1ccccc1-c1nnc2ccc(OCCNS(=O)(=O)c3cc(C)c(C)cc3OC)nn12. The number of ether oxygens (including phenoxy) is 3. The fourth-order valence-electron chi connectivity index (χ4n) is 3.39. The first-order valence-corrected chi connectivity index (χ1v) is 12.0. The molecule has 1 N–H and O–H groups in total. The third kappa shape index (κ3) is 4.66. The van der Waals surface area contributed by atoms with E-state index < -0.39 is 10.0 Å². The Morgan fingerprint density at radius 3 is 2.44 bits per heavy atom. The van der Waals surface area contributed by atoms with E-state index in [2.05, 4.69) is 20.0 Å². The minimum absolute atomic E-state index is 0.0413. The molecular weight excluding hydrogens is 458 g/mol. The summed E-state index contributed by atoms with van der Waals surface area (Å²) in [5.74, 6) is 1.73. The van der Waals surface area contributed by atoms with Crippen LogP contribution in [0.15, 0.2) is 53.4 Å². The number of methoxy groups -OCH3 is 2. The second-order valence-corrected chi connectivity index (χ2v) is 9.23. The molecule has 2 heterocycles. The molecule has 2 aromatic carbocycles. The van der Waals surface area contributed by atoms with Crippen molar-refractivity contribution in [1.82, 2.24) is 24.5 Å². The van der Waals surface area contributed by atoms with Gasteiger partial charge in [0.2, 0.25) is 15.9 Å². The van der Waals surface area contributed by atoms with Crippen molar-refractivity contribution >= 4 is 15.7 Å². The van der Waals surface area contributed by atoms with Crippen molar-refractivity contribution in [2.24, 2.45) is 0 Å². The summed E-state index contributed by atoms with van der Waals surface area (Å²) in [6.45, 7) is 3.86. The van der Waals surface area contributed by atoms with E-state index in [0.29, 0.717) is 28.9 Å². The van der Waals surface area contributed by atoms with Crippen LogP contribution in [0.3, 0.4) is 0 Å². The van der Waals surface area contributed by atoms with Crippen LogP contribution in [-0.2, 0) is 10.0 Å². The van der Waals surface area contributed by atoms with Crippen molar-refractivity contribution in [3.63, 3.8) is 0 Å². The summed E-state index contributed by atoms with van der Waals surface area (Å²) in [4.78, 5) is 0.0867. The van der Waals surface area contributed by atoms with Crippen LogP contribution in [0, 0.1) is 13.8 Å². The first-order valence-electron chi connectivity index (χ1n) is 10.5. The zero-order chi connectivity index (χ0) is 24.3. The molecule has 0 bridgehead atoms. The van der Waals surface area contributed by atoms with Gasteiger partial charge in [0.1, 0.15) is 23.0 Å². The Hall–Kier alpha value is -3.70. The molecule has 0 unspecified atom stereocenters. The molecule has 0 aliphatic carbocycles. The highest BCUT2D eigenvalue weighted by Gasteiger charge is 2.20. The van der Waals surface area contributed by atoms with Crippen LogP contribution in [0.5, 0.6) is 17.4 Å². The van der Waals surface area contributed by atoms with Crippen LogP contribution in [-0.4, -0.2) is 55.6 Å². The Morgan fingerprint density at radius 2 is 1.68 bits per heavy atom. The Labute approximate surface area is 197 Å². The molecule has 34 heavy (non-hydrogen) atoms. The second kappa shape index (κ2) is 9.65. The fraction of sp³-hybridized carbons (Fsp3) is 0.261. The molecule has 0 amide bonds. The predicted octanol–water partition coefficient (Wildman–Crippen LogP) is 2.78. The molecular formula is C23H25N5O5S. The summed E-state index contributed by atoms with van der Waals surface area (Å²) in [6.07, 6.45) is 0. The highest BCUT2D eigenvalue weighted by atomic mass is 32.2. The Bertz CT molecular complexity index is 1440. The highest BCUT2D eigenvalue weighted by molar-refractivity contribution is 7.89. The standard InChI is InChI=1S/C23H25N5O5S/c1-15-13-19(32-4)20(14-16(15)2)34(29,30)24-11-12-33-22-10-9-21-25-26-23(28(21)27-22)17-7-5-6-8-18(17)31-3/h5-10,13-14,24H,11-12H2,1-4H3. The van der Waals surface area contributed by atoms with Gasteiger partial charge < -0.3 is 14.2 Å². The lowest BCUT2D eigenvalue weighted by molar-refractivity contribution is 0.305. The molecule has 4 aromatic rings. The lowest BCUT2D eigenvalue weighted by Crippen LogP contribution is -2.29. The number of nitrogens with zero attached hydrogens (tertiary/aromatic N) is 4. The second-order valence-electron chi connectivity index (χ2n) is 7.50. The molecule has 178 valence electrons. The zero-order valence-electron chi connectivity index (χ0n) is 19.3. The van der Waals surface area contributed by atoms with Crippen LogP contribution in [0.1, 0.15) is 11.1 Å². The van der Waals surface area contributed by atoms with Crippen molar-refractivity contribution in [3.05, 3.63) is 59.7 Å². The number of rotatable bonds is 9. The van der Waals surface area contributed by atoms with Crippen molar-refractivity contribution in [2.45, 2.75) is 18.7 Å². The van der Waals surface area contributed by atoms with Gasteiger partial charge in [0.25, 0.3) is 0 Å². The zero-order valence-corrected chi connectivity index (χ0v) is 20.1. The third-order valence-corrected chi connectivity index (χ3v) is 6.78. The van der Waals surface area contributed by atoms with E-state index in [1.165, 1.54) is 7.11 Å². The topological polar surface area (TPSA) is 117 Å². The van der Waals surface area contributed by atoms with E-state index in [1.807, 2.05) is 38.1 Å². The van der Waals surface area contributed by atoms with Gasteiger partial charge in [0.15, 0.2) is 11.5 Å². The monoisotopic (exact) mass is 483 g/mol. The number of hydrogen-bond donors (Lipinski definition) is 1. The van der Waals surface area contributed by atoms with Gasteiger partial charge in [-0.2, -0.15) is 4.52 Å². The number of fused-ring (bicyclic) bond motifs is 1. The molecule has 2 aromatic heterocycles. The van der Waals surface area contributed by atoms with E-state index in [9.17, 15) is 8.42 Å². The normalized spacial score (nSPS) is 11.5. The lowest BCUT2D eigenvalue weighted by Gasteiger charge is -2.13. The third-order valence-electron chi connectivity index (χ3n) is 5.30. The summed E-state index contributed by atoms with van der Waals surface area (Å²) < 4.78 is 46.0. The first kappa shape index (κ1) is 23.5. The molecule has 0 spiro atoms. The van der Waals surface area contributed by atoms with Crippen molar-refractivity contribution in [1.29, 1.82) is 0 Å². The van der Waals surface area contributed by atoms with Gasteiger partial charge in [-0.1, -0.05) is 12.1 Å². The maximum Gasteiger partial charge on any atom is 0.244 e. The summed E-state index contributed by atoms with van der Waals surface area (Å²) in [5, 5.41) is 12.8. The maximum absolute atomic E-state index is 12.8. The molecule has 0 aliphatic heterocycles. The largest absolute Gasteiger partial charge is 0.496 e. The van der Waals surface area contributed by atoms with Gasteiger partial charge in [-0.15, -0.1) is 15.3 Å². The molecule has 0 atom stereocenters. The highest BCUT2D eigenvalue weighted by Crippen LogP contribution is 2.29. The van der Waals surface area contributed by atoms with Crippen LogP contribution in [0.4, 0.5) is 0 Å². The summed E-state index contributed by atoms with van der Waals surface area (Å²) >= 11 is 0. The van der Waals surface area contributed by atoms with Crippen molar-refractivity contribution in [2.75, 3.05) is 27.4 Å². The molecule has 0 aliphatic rings. The van der Waals surface area contributed by atoms with Crippen LogP contribution < -0.4 is 18.9 Å². The number of benzene rings is 2. The van der Waals surface area contributed by atoms with Crippen LogP contribution in [0.2, 0.25) is 0 Å². The van der Waals surface area contributed by atoms with Gasteiger partial charge >= 0.3 is 0 Å². The molecule has 0 saturated heterocycles. The Morgan fingerprint density at radius 1 is 0.941 bits per heavy atom. The average Bonchev–Trinajstić information content (AvgIpc) is 3.26. The fourth-order valence-corrected chi connectivity index (χ4v) is 4.64. The minimum Gasteiger partial charge on any atom is -0.496 e. The van der Waals surface area contributed by atoms with E-state index in [0.717, 1.165) is 16.7 Å². The lowest BCUT2D eigenvalue weighted by atomic mass is 10.1. The number of aromatic nitrogens is 4. The minimum atomic E-state index is -3.79. The number of nitrogens with one attached hydrogen (secondary N) is 1. The Kier molecular flexibility index (Phi) is 6.66. The molecule has 0 fully saturated rings. The average molecular weight is 484 g/mol. The van der Waals surface area contributed by atoms with Gasteiger partial charge in [0.05, 0.1) is 19.8 Å². The first-order chi connectivity index (χ1) is 16.3. The quantitative estimate of drug-likeness (QED) is 0.361. The van der Waals surface area contributed by atoms with Crippen LogP contribution >= 0.6 is 0 Å². The number of sulfonamides is 1. The number of para-hydroxylation sites is 1. The van der Waals surface area contributed by atoms with Gasteiger partial charge in [-0.3, -0.25) is 0 Å². The molecule has 11 heteroatoms. The molecule has 0 saturated carbocycles. The summed E-state index contributed by atoms with van der Waals surface area (Å²) in [7, 11) is -0.763. The van der Waals surface area contributed by atoms with Crippen LogP contribution in [0.25, 0.3) is 17.0 Å². The smallest absolute Gasteiger partial charge is 0.244 e. The van der Waals surface area contributed by atoms with E-state index >= 15 is 0 Å². The van der Waals surface area contributed by atoms with E-state index in [1.54, 1.807) is 35.9 Å². The predicted molar refractivity (Wildman–Crippen MR) is 126 cm³/mol. The summed E-state index contributed by atoms with van der Waals surface area (Å²) in [6, 6.07) is 14.1. The maximum atomic E-state index is 12.8. The van der Waals surface area contributed by atoms with Gasteiger partial charge in [-0.05, 0) is 55.3 Å². The van der Waals surface area contributed by atoms with E-state index in [4.69, 9.17) is 14.2 Å². The molecule has 4 rings (SSSR count). The number of aryl methyl sites for hydroxylation is 2. The van der Waals surface area contributed by atoms with Gasteiger partial charge in [-0.25, -0.2) is 13.1 Å². The Balaban J connectivity index is 1.47. The summed E-state index contributed by atoms with van der Waals surface area (Å²) in [5.41, 5.74) is 3.07. The molecule has 0 radical (unpaired) electrons. The molecule has 10 nitrogen and oxygen atoms in total.